The maximum absolute atomic E-state index is 12.9. The number of hydrogen-bond donors (Lipinski definition) is 0. The summed E-state index contributed by atoms with van der Waals surface area (Å²) >= 11 is 0. The normalized spacial score (nSPS) is 15.3. The second-order valence-corrected chi connectivity index (χ2v) is 5.75. The number of carbonyl (C=O) groups excluding carboxylic acids is 2. The lowest BCUT2D eigenvalue weighted by molar-refractivity contribution is -0.138. The molecule has 0 spiro atoms. The van der Waals surface area contributed by atoms with Crippen molar-refractivity contribution in [1.82, 2.24) is 4.90 Å². The molecular formula is C18H18FNO4. The first-order chi connectivity index (χ1) is 11.5. The fourth-order valence-electron chi connectivity index (χ4n) is 2.68. The van der Waals surface area contributed by atoms with Crippen molar-refractivity contribution in [2.75, 3.05) is 13.1 Å². The smallest absolute Gasteiger partial charge is 0.375 e. The third kappa shape index (κ3) is 3.48. The SMILES string of the molecule is CC(OC(=O)c1ccc(-c2ccc(F)cc2)o1)C(=O)N1CCCC1. The van der Waals surface area contributed by atoms with Crippen molar-refractivity contribution in [3.63, 3.8) is 0 Å². The van der Waals surface area contributed by atoms with E-state index in [1.165, 1.54) is 18.2 Å². The molecule has 126 valence electrons. The van der Waals surface area contributed by atoms with E-state index in [1.807, 2.05) is 0 Å². The monoisotopic (exact) mass is 331 g/mol. The minimum absolute atomic E-state index is 0.00963. The van der Waals surface area contributed by atoms with E-state index in [2.05, 4.69) is 0 Å². The zero-order valence-corrected chi connectivity index (χ0v) is 13.3. The van der Waals surface area contributed by atoms with Crippen LogP contribution in [0.25, 0.3) is 11.3 Å². The number of carbonyl (C=O) groups is 2. The maximum atomic E-state index is 12.9. The van der Waals surface area contributed by atoms with Gasteiger partial charge in [-0.1, -0.05) is 0 Å². The lowest BCUT2D eigenvalue weighted by Gasteiger charge is -2.19. The summed E-state index contributed by atoms with van der Waals surface area (Å²) < 4.78 is 23.6. The van der Waals surface area contributed by atoms with E-state index in [4.69, 9.17) is 9.15 Å². The fourth-order valence-corrected chi connectivity index (χ4v) is 2.68. The molecule has 6 heteroatoms. The highest BCUT2D eigenvalue weighted by Crippen LogP contribution is 2.23. The third-order valence-electron chi connectivity index (χ3n) is 3.99. The molecule has 2 aromatic rings. The van der Waals surface area contributed by atoms with Gasteiger partial charge in [0.1, 0.15) is 11.6 Å². The Labute approximate surface area is 139 Å². The lowest BCUT2D eigenvalue weighted by Crippen LogP contribution is -2.38. The van der Waals surface area contributed by atoms with Crippen LogP contribution in [0.2, 0.25) is 0 Å². The molecule has 0 bridgehead atoms. The molecule has 1 aliphatic heterocycles. The summed E-state index contributed by atoms with van der Waals surface area (Å²) in [5.41, 5.74) is 0.650. The molecule has 1 unspecified atom stereocenters. The second-order valence-electron chi connectivity index (χ2n) is 5.75. The van der Waals surface area contributed by atoms with Crippen LogP contribution >= 0.6 is 0 Å². The van der Waals surface area contributed by atoms with Crippen molar-refractivity contribution in [2.45, 2.75) is 25.9 Å². The van der Waals surface area contributed by atoms with E-state index >= 15 is 0 Å². The molecule has 0 aliphatic carbocycles. The van der Waals surface area contributed by atoms with Crippen LogP contribution < -0.4 is 0 Å². The number of nitrogens with zero attached hydrogens (tertiary/aromatic N) is 1. The number of halogens is 1. The zero-order valence-electron chi connectivity index (χ0n) is 13.3. The summed E-state index contributed by atoms with van der Waals surface area (Å²) in [4.78, 5) is 26.0. The van der Waals surface area contributed by atoms with Gasteiger partial charge in [0.2, 0.25) is 5.76 Å². The quantitative estimate of drug-likeness (QED) is 0.807. The van der Waals surface area contributed by atoms with Crippen LogP contribution in [0.3, 0.4) is 0 Å². The highest BCUT2D eigenvalue weighted by atomic mass is 19.1. The van der Waals surface area contributed by atoms with Gasteiger partial charge in [0.15, 0.2) is 6.10 Å². The number of amides is 1. The number of hydrogen-bond acceptors (Lipinski definition) is 4. The average Bonchev–Trinajstić information content (AvgIpc) is 3.26. The predicted molar refractivity (Wildman–Crippen MR) is 84.8 cm³/mol. The van der Waals surface area contributed by atoms with Crippen LogP contribution in [0.5, 0.6) is 0 Å². The highest BCUT2D eigenvalue weighted by molar-refractivity contribution is 5.90. The molecule has 1 atom stereocenters. The van der Waals surface area contributed by atoms with Gasteiger partial charge in [-0.3, -0.25) is 4.79 Å². The molecule has 2 heterocycles. The average molecular weight is 331 g/mol. The van der Waals surface area contributed by atoms with Crippen LogP contribution in [-0.2, 0) is 9.53 Å². The predicted octanol–water partition coefficient (Wildman–Crippen LogP) is 3.25. The van der Waals surface area contributed by atoms with Crippen LogP contribution in [0.1, 0.15) is 30.3 Å². The van der Waals surface area contributed by atoms with E-state index < -0.39 is 12.1 Å². The minimum atomic E-state index is -0.852. The molecule has 1 aliphatic rings. The van der Waals surface area contributed by atoms with Crippen molar-refractivity contribution >= 4 is 11.9 Å². The first kappa shape index (κ1) is 16.2. The highest BCUT2D eigenvalue weighted by Gasteiger charge is 2.27. The van der Waals surface area contributed by atoms with Crippen LogP contribution in [-0.4, -0.2) is 36.0 Å². The lowest BCUT2D eigenvalue weighted by atomic mass is 10.2. The first-order valence-electron chi connectivity index (χ1n) is 7.90. The maximum Gasteiger partial charge on any atom is 0.375 e. The van der Waals surface area contributed by atoms with Gasteiger partial charge in [-0.05, 0) is 56.2 Å². The van der Waals surface area contributed by atoms with Gasteiger partial charge in [-0.15, -0.1) is 0 Å². The summed E-state index contributed by atoms with van der Waals surface area (Å²) in [7, 11) is 0. The van der Waals surface area contributed by atoms with E-state index in [0.29, 0.717) is 24.4 Å². The summed E-state index contributed by atoms with van der Waals surface area (Å²) in [6.45, 7) is 2.97. The van der Waals surface area contributed by atoms with Crippen molar-refractivity contribution in [3.05, 3.63) is 48.0 Å². The standard InChI is InChI=1S/C18H18FNO4/c1-12(17(21)20-10-2-3-11-20)23-18(22)16-9-8-15(24-16)13-4-6-14(19)7-5-13/h4-9,12H,2-3,10-11H2,1H3. The Morgan fingerprint density at radius 2 is 1.79 bits per heavy atom. The number of benzene rings is 1. The Morgan fingerprint density at radius 1 is 1.12 bits per heavy atom. The summed E-state index contributed by atoms with van der Waals surface area (Å²) in [5, 5.41) is 0. The molecule has 0 radical (unpaired) electrons. The van der Waals surface area contributed by atoms with E-state index in [9.17, 15) is 14.0 Å². The first-order valence-corrected chi connectivity index (χ1v) is 7.90. The largest absolute Gasteiger partial charge is 0.449 e. The van der Waals surface area contributed by atoms with Crippen molar-refractivity contribution < 1.29 is 23.1 Å². The Morgan fingerprint density at radius 3 is 2.46 bits per heavy atom. The molecule has 3 rings (SSSR count). The van der Waals surface area contributed by atoms with Gasteiger partial charge in [0, 0.05) is 18.7 Å². The molecule has 1 amide bonds. The Balaban J connectivity index is 1.65. The number of esters is 1. The Bertz CT molecular complexity index is 732. The summed E-state index contributed by atoms with van der Waals surface area (Å²) in [6.07, 6.45) is 1.10. The van der Waals surface area contributed by atoms with Crippen LogP contribution in [0, 0.1) is 5.82 Å². The van der Waals surface area contributed by atoms with Crippen molar-refractivity contribution in [1.29, 1.82) is 0 Å². The molecule has 1 fully saturated rings. The Hall–Kier alpha value is -2.63. The third-order valence-corrected chi connectivity index (χ3v) is 3.99. The molecule has 1 saturated heterocycles. The molecule has 0 saturated carbocycles. The minimum Gasteiger partial charge on any atom is -0.449 e. The summed E-state index contributed by atoms with van der Waals surface area (Å²) in [6, 6.07) is 8.83. The van der Waals surface area contributed by atoms with Gasteiger partial charge in [-0.25, -0.2) is 9.18 Å². The molecule has 24 heavy (non-hydrogen) atoms. The van der Waals surface area contributed by atoms with Gasteiger partial charge in [0.05, 0.1) is 0 Å². The Kier molecular flexibility index (Phi) is 4.64. The molecule has 1 aromatic heterocycles. The fraction of sp³-hybridized carbons (Fsp3) is 0.333. The molecule has 0 N–H and O–H groups in total. The van der Waals surface area contributed by atoms with E-state index in [-0.39, 0.29) is 17.5 Å². The van der Waals surface area contributed by atoms with Gasteiger partial charge in [-0.2, -0.15) is 0 Å². The number of furan rings is 1. The molecule has 5 nitrogen and oxygen atoms in total. The second kappa shape index (κ2) is 6.86. The number of likely N-dealkylation sites (tertiary alicyclic amines) is 1. The van der Waals surface area contributed by atoms with Crippen molar-refractivity contribution in [2.24, 2.45) is 0 Å². The van der Waals surface area contributed by atoms with Crippen LogP contribution in [0.15, 0.2) is 40.8 Å². The van der Waals surface area contributed by atoms with Crippen LogP contribution in [0.4, 0.5) is 4.39 Å². The zero-order chi connectivity index (χ0) is 17.1. The van der Waals surface area contributed by atoms with E-state index in [0.717, 1.165) is 12.8 Å². The van der Waals surface area contributed by atoms with Gasteiger partial charge in [0.25, 0.3) is 5.91 Å². The molecule has 1 aromatic carbocycles. The number of ether oxygens (including phenoxy) is 1. The molecular weight excluding hydrogens is 313 g/mol. The number of rotatable bonds is 4. The van der Waals surface area contributed by atoms with E-state index in [1.54, 1.807) is 30.0 Å². The van der Waals surface area contributed by atoms with Crippen molar-refractivity contribution in [3.8, 4) is 11.3 Å². The topological polar surface area (TPSA) is 59.8 Å². The van der Waals surface area contributed by atoms with Gasteiger partial charge >= 0.3 is 5.97 Å². The summed E-state index contributed by atoms with van der Waals surface area (Å²) in [5.74, 6) is -0.787. The van der Waals surface area contributed by atoms with Gasteiger partial charge < -0.3 is 14.1 Å².